The van der Waals surface area contributed by atoms with Crippen LogP contribution in [0.3, 0.4) is 0 Å². The number of aryl methyl sites for hydroxylation is 2. The van der Waals surface area contributed by atoms with Gasteiger partial charge in [0.05, 0.1) is 11.1 Å². The van der Waals surface area contributed by atoms with Gasteiger partial charge in [-0.1, -0.05) is 29.8 Å². The normalized spacial score (nSPS) is 12.9. The van der Waals surface area contributed by atoms with Crippen LogP contribution in [0.25, 0.3) is 0 Å². The molecular formula is C18H25BrN4O3S. The lowest BCUT2D eigenvalue weighted by Gasteiger charge is -2.21. The third kappa shape index (κ3) is 6.44. The summed E-state index contributed by atoms with van der Waals surface area (Å²) >= 11 is 3.28. The molecule has 1 heterocycles. The zero-order valence-corrected chi connectivity index (χ0v) is 18.0. The lowest BCUT2D eigenvalue weighted by molar-refractivity contribution is -0.123. The second-order valence-electron chi connectivity index (χ2n) is 6.72. The first-order valence-electron chi connectivity index (χ1n) is 8.73. The SMILES string of the molecule is Cc1cnn(CCCNC(=O)[C@@H](NS(=O)(=O)c2ccc(Br)cc2)C(C)C)c1. The van der Waals surface area contributed by atoms with Crippen LogP contribution < -0.4 is 10.0 Å². The molecule has 1 atom stereocenters. The monoisotopic (exact) mass is 456 g/mol. The smallest absolute Gasteiger partial charge is 0.241 e. The van der Waals surface area contributed by atoms with Gasteiger partial charge in [-0.15, -0.1) is 0 Å². The Balaban J connectivity index is 1.93. The number of amides is 1. The second-order valence-corrected chi connectivity index (χ2v) is 9.35. The minimum Gasteiger partial charge on any atom is -0.355 e. The Labute approximate surface area is 168 Å². The molecule has 1 amide bonds. The molecule has 2 rings (SSSR count). The first kappa shape index (κ1) is 21.6. The number of halogens is 1. The van der Waals surface area contributed by atoms with Gasteiger partial charge in [-0.3, -0.25) is 9.48 Å². The van der Waals surface area contributed by atoms with Crippen molar-refractivity contribution in [2.75, 3.05) is 6.54 Å². The molecule has 0 aliphatic rings. The number of sulfonamides is 1. The van der Waals surface area contributed by atoms with Crippen LogP contribution >= 0.6 is 15.9 Å². The van der Waals surface area contributed by atoms with Crippen molar-refractivity contribution in [3.8, 4) is 0 Å². The van der Waals surface area contributed by atoms with Gasteiger partial charge in [0.1, 0.15) is 6.04 Å². The van der Waals surface area contributed by atoms with Gasteiger partial charge in [0.2, 0.25) is 15.9 Å². The number of nitrogens with zero attached hydrogens (tertiary/aromatic N) is 2. The van der Waals surface area contributed by atoms with Gasteiger partial charge < -0.3 is 5.32 Å². The average Bonchev–Trinajstić information content (AvgIpc) is 3.02. The van der Waals surface area contributed by atoms with E-state index in [9.17, 15) is 13.2 Å². The van der Waals surface area contributed by atoms with Crippen molar-refractivity contribution < 1.29 is 13.2 Å². The third-order valence-electron chi connectivity index (χ3n) is 3.98. The van der Waals surface area contributed by atoms with Crippen molar-refractivity contribution >= 4 is 31.9 Å². The van der Waals surface area contributed by atoms with Crippen LogP contribution in [0.2, 0.25) is 0 Å². The van der Waals surface area contributed by atoms with Gasteiger partial charge in [-0.05, 0) is 49.1 Å². The van der Waals surface area contributed by atoms with E-state index in [2.05, 4.69) is 31.1 Å². The number of carbonyl (C=O) groups excluding carboxylic acids is 1. The lowest BCUT2D eigenvalue weighted by Crippen LogP contribution is -2.49. The molecule has 0 saturated heterocycles. The summed E-state index contributed by atoms with van der Waals surface area (Å²) in [4.78, 5) is 12.6. The number of nitrogens with one attached hydrogen (secondary N) is 2. The van der Waals surface area contributed by atoms with Crippen molar-refractivity contribution in [2.45, 2.75) is 44.7 Å². The molecular weight excluding hydrogens is 432 g/mol. The van der Waals surface area contributed by atoms with E-state index in [0.717, 1.165) is 10.0 Å². The number of aromatic nitrogens is 2. The van der Waals surface area contributed by atoms with Crippen molar-refractivity contribution in [1.82, 2.24) is 19.8 Å². The molecule has 1 aromatic carbocycles. The molecule has 0 saturated carbocycles. The van der Waals surface area contributed by atoms with E-state index < -0.39 is 16.1 Å². The average molecular weight is 457 g/mol. The number of carbonyl (C=O) groups is 1. The summed E-state index contributed by atoms with van der Waals surface area (Å²) in [5.41, 5.74) is 1.08. The lowest BCUT2D eigenvalue weighted by atomic mass is 10.1. The first-order chi connectivity index (χ1) is 12.7. The first-order valence-corrected chi connectivity index (χ1v) is 11.0. The Hall–Kier alpha value is -1.71. The highest BCUT2D eigenvalue weighted by Gasteiger charge is 2.28. The fraction of sp³-hybridized carbons (Fsp3) is 0.444. The standard InChI is InChI=1S/C18H25BrN4O3S/c1-13(2)17(22-27(25,26)16-7-5-15(19)6-8-16)18(24)20-9-4-10-23-12-14(3)11-21-23/h5-8,11-13,17,22H,4,9-10H2,1-3H3,(H,20,24)/t17-/m0/s1. The molecule has 0 bridgehead atoms. The van der Waals surface area contributed by atoms with E-state index in [-0.39, 0.29) is 16.7 Å². The Morgan fingerprint density at radius 1 is 1.26 bits per heavy atom. The molecule has 148 valence electrons. The van der Waals surface area contributed by atoms with Crippen LogP contribution in [0.4, 0.5) is 0 Å². The zero-order valence-electron chi connectivity index (χ0n) is 15.6. The second kappa shape index (κ2) is 9.48. The summed E-state index contributed by atoms with van der Waals surface area (Å²) in [6.45, 7) is 6.71. The topological polar surface area (TPSA) is 93.1 Å². The molecule has 0 aliphatic carbocycles. The fourth-order valence-electron chi connectivity index (χ4n) is 2.49. The minimum absolute atomic E-state index is 0.123. The van der Waals surface area contributed by atoms with Gasteiger partial charge >= 0.3 is 0 Å². The van der Waals surface area contributed by atoms with Crippen molar-refractivity contribution in [1.29, 1.82) is 0 Å². The number of rotatable bonds is 9. The van der Waals surface area contributed by atoms with Gasteiger partial charge in [0, 0.05) is 23.8 Å². The maximum absolute atomic E-state index is 12.6. The van der Waals surface area contributed by atoms with Crippen LogP contribution in [-0.4, -0.2) is 36.7 Å². The summed E-state index contributed by atoms with van der Waals surface area (Å²) in [6.07, 6.45) is 4.42. The molecule has 0 fully saturated rings. The maximum Gasteiger partial charge on any atom is 0.241 e. The van der Waals surface area contributed by atoms with Crippen molar-refractivity contribution in [3.63, 3.8) is 0 Å². The highest BCUT2D eigenvalue weighted by atomic mass is 79.9. The molecule has 7 nitrogen and oxygen atoms in total. The molecule has 27 heavy (non-hydrogen) atoms. The van der Waals surface area contributed by atoms with Crippen LogP contribution in [-0.2, 0) is 21.4 Å². The molecule has 2 aromatic rings. The van der Waals surface area contributed by atoms with Gasteiger partial charge in [0.15, 0.2) is 0 Å². The summed E-state index contributed by atoms with van der Waals surface area (Å²) in [5.74, 6) is -0.522. The molecule has 0 spiro atoms. The van der Waals surface area contributed by atoms with E-state index in [0.29, 0.717) is 19.5 Å². The largest absolute Gasteiger partial charge is 0.355 e. The highest BCUT2D eigenvalue weighted by molar-refractivity contribution is 9.10. The minimum atomic E-state index is -3.78. The Morgan fingerprint density at radius 2 is 1.93 bits per heavy atom. The van der Waals surface area contributed by atoms with Crippen molar-refractivity contribution in [3.05, 3.63) is 46.7 Å². The van der Waals surface area contributed by atoms with E-state index in [1.54, 1.807) is 32.2 Å². The predicted molar refractivity (Wildman–Crippen MR) is 108 cm³/mol. The number of hydrogen-bond acceptors (Lipinski definition) is 4. The van der Waals surface area contributed by atoms with Crippen LogP contribution in [0, 0.1) is 12.8 Å². The molecule has 1 aromatic heterocycles. The van der Waals surface area contributed by atoms with Gasteiger partial charge in [0.25, 0.3) is 0 Å². The molecule has 9 heteroatoms. The molecule has 0 aliphatic heterocycles. The molecule has 2 N–H and O–H groups in total. The number of hydrogen-bond donors (Lipinski definition) is 2. The molecule has 0 radical (unpaired) electrons. The van der Waals surface area contributed by atoms with Gasteiger partial charge in [-0.25, -0.2) is 8.42 Å². The molecule has 0 unspecified atom stereocenters. The van der Waals surface area contributed by atoms with E-state index in [1.165, 1.54) is 12.1 Å². The Morgan fingerprint density at radius 3 is 2.48 bits per heavy atom. The Bertz CT molecular complexity index is 863. The van der Waals surface area contributed by atoms with E-state index >= 15 is 0 Å². The third-order valence-corrected chi connectivity index (χ3v) is 5.97. The van der Waals surface area contributed by atoms with Gasteiger partial charge in [-0.2, -0.15) is 9.82 Å². The summed E-state index contributed by atoms with van der Waals surface area (Å²) < 4.78 is 30.2. The Kier molecular flexibility index (Phi) is 7.58. The summed E-state index contributed by atoms with van der Waals surface area (Å²) in [7, 11) is -3.78. The van der Waals surface area contributed by atoms with E-state index in [1.807, 2.05) is 17.8 Å². The fourth-order valence-corrected chi connectivity index (χ4v) is 4.10. The number of benzene rings is 1. The van der Waals surface area contributed by atoms with Crippen LogP contribution in [0.5, 0.6) is 0 Å². The summed E-state index contributed by atoms with van der Waals surface area (Å²) in [6, 6.07) is 5.44. The quantitative estimate of drug-likeness (QED) is 0.566. The van der Waals surface area contributed by atoms with Crippen molar-refractivity contribution in [2.24, 2.45) is 5.92 Å². The van der Waals surface area contributed by atoms with Crippen LogP contribution in [0.1, 0.15) is 25.8 Å². The summed E-state index contributed by atoms with van der Waals surface area (Å²) in [5, 5.41) is 7.00. The maximum atomic E-state index is 12.6. The van der Waals surface area contributed by atoms with E-state index in [4.69, 9.17) is 0 Å². The highest BCUT2D eigenvalue weighted by Crippen LogP contribution is 2.16. The van der Waals surface area contributed by atoms with Crippen LogP contribution in [0.15, 0.2) is 46.0 Å². The zero-order chi connectivity index (χ0) is 20.0. The predicted octanol–water partition coefficient (Wildman–Crippen LogP) is 2.46.